The van der Waals surface area contributed by atoms with E-state index in [1.807, 2.05) is 0 Å². The van der Waals surface area contributed by atoms with Gasteiger partial charge in [0.05, 0.1) is 6.61 Å². The minimum absolute atomic E-state index is 0.695. The van der Waals surface area contributed by atoms with Crippen LogP contribution in [0.4, 0.5) is 0 Å². The third-order valence-electron chi connectivity index (χ3n) is 4.42. The smallest absolute Gasteiger partial charge is 0.122 e. The molecule has 1 aliphatic carbocycles. The molecule has 2 atom stereocenters. The van der Waals surface area contributed by atoms with Gasteiger partial charge in [0.2, 0.25) is 0 Å². The van der Waals surface area contributed by atoms with Gasteiger partial charge in [0.25, 0.3) is 0 Å². The number of fused-ring (bicyclic) bond motifs is 1. The predicted molar refractivity (Wildman–Crippen MR) is 78.7 cm³/mol. The lowest BCUT2D eigenvalue weighted by Crippen LogP contribution is -2.21. The van der Waals surface area contributed by atoms with Crippen molar-refractivity contribution in [1.82, 2.24) is 5.32 Å². The van der Waals surface area contributed by atoms with E-state index in [4.69, 9.17) is 4.74 Å². The molecule has 1 aromatic carbocycles. The second-order valence-electron chi connectivity index (χ2n) is 6.23. The van der Waals surface area contributed by atoms with Crippen molar-refractivity contribution in [1.29, 1.82) is 0 Å². The molecule has 1 fully saturated rings. The fraction of sp³-hybridized carbons (Fsp3) is 0.647. The number of hydrogen-bond donors (Lipinski definition) is 1. The Morgan fingerprint density at radius 1 is 1.26 bits per heavy atom. The van der Waals surface area contributed by atoms with Crippen LogP contribution in [0.5, 0.6) is 5.75 Å². The van der Waals surface area contributed by atoms with Gasteiger partial charge in [-0.15, -0.1) is 0 Å². The molecule has 1 saturated carbocycles. The lowest BCUT2D eigenvalue weighted by molar-refractivity contribution is 0.252. The van der Waals surface area contributed by atoms with E-state index in [1.54, 1.807) is 0 Å². The first-order valence-electron chi connectivity index (χ1n) is 7.78. The molecule has 1 aliphatic heterocycles. The SMILES string of the molecule is CC(CCNC1CC1)CC1CCOc2ccccc21. The van der Waals surface area contributed by atoms with Gasteiger partial charge in [-0.2, -0.15) is 0 Å². The Morgan fingerprint density at radius 2 is 2.11 bits per heavy atom. The van der Waals surface area contributed by atoms with Crippen molar-refractivity contribution in [2.24, 2.45) is 5.92 Å². The van der Waals surface area contributed by atoms with Crippen LogP contribution in [0.3, 0.4) is 0 Å². The number of nitrogens with one attached hydrogen (secondary N) is 1. The minimum atomic E-state index is 0.695. The summed E-state index contributed by atoms with van der Waals surface area (Å²) in [5.41, 5.74) is 1.43. The highest BCUT2D eigenvalue weighted by Gasteiger charge is 2.23. The third kappa shape index (κ3) is 3.50. The molecule has 0 radical (unpaired) electrons. The van der Waals surface area contributed by atoms with Crippen LogP contribution >= 0.6 is 0 Å². The zero-order valence-corrected chi connectivity index (χ0v) is 11.9. The van der Waals surface area contributed by atoms with Crippen LogP contribution in [0, 0.1) is 5.92 Å². The topological polar surface area (TPSA) is 21.3 Å². The van der Waals surface area contributed by atoms with E-state index in [2.05, 4.69) is 36.5 Å². The average molecular weight is 259 g/mol. The zero-order valence-electron chi connectivity index (χ0n) is 11.9. The molecule has 0 amide bonds. The first-order valence-corrected chi connectivity index (χ1v) is 7.78. The summed E-state index contributed by atoms with van der Waals surface area (Å²) >= 11 is 0. The third-order valence-corrected chi connectivity index (χ3v) is 4.42. The van der Waals surface area contributed by atoms with Crippen molar-refractivity contribution in [3.05, 3.63) is 29.8 Å². The van der Waals surface area contributed by atoms with Gasteiger partial charge in [-0.1, -0.05) is 25.1 Å². The van der Waals surface area contributed by atoms with E-state index in [0.29, 0.717) is 5.92 Å². The zero-order chi connectivity index (χ0) is 13.1. The average Bonchev–Trinajstić information content (AvgIpc) is 3.23. The summed E-state index contributed by atoms with van der Waals surface area (Å²) in [5, 5.41) is 3.62. The molecule has 2 heteroatoms. The highest BCUT2D eigenvalue weighted by atomic mass is 16.5. The van der Waals surface area contributed by atoms with Gasteiger partial charge in [-0.05, 0) is 62.1 Å². The summed E-state index contributed by atoms with van der Waals surface area (Å²) < 4.78 is 5.74. The van der Waals surface area contributed by atoms with Gasteiger partial charge < -0.3 is 10.1 Å². The van der Waals surface area contributed by atoms with Crippen LogP contribution in [0.1, 0.15) is 50.5 Å². The molecule has 2 aliphatic rings. The largest absolute Gasteiger partial charge is 0.493 e. The Bertz CT molecular complexity index is 413. The van der Waals surface area contributed by atoms with Crippen molar-refractivity contribution in [3.63, 3.8) is 0 Å². The Hall–Kier alpha value is -1.02. The maximum Gasteiger partial charge on any atom is 0.122 e. The van der Waals surface area contributed by atoms with Gasteiger partial charge in [0.15, 0.2) is 0 Å². The molecular weight excluding hydrogens is 234 g/mol. The summed E-state index contributed by atoms with van der Waals surface area (Å²) in [6, 6.07) is 9.41. The van der Waals surface area contributed by atoms with Gasteiger partial charge >= 0.3 is 0 Å². The normalized spacial score (nSPS) is 23.5. The first-order chi connectivity index (χ1) is 9.33. The standard InChI is InChI=1S/C17H25NO/c1-13(8-10-18-15-6-7-15)12-14-9-11-19-17-5-3-2-4-16(14)17/h2-5,13-15,18H,6-12H2,1H3. The van der Waals surface area contributed by atoms with Crippen LogP contribution in [0.15, 0.2) is 24.3 Å². The summed E-state index contributed by atoms with van der Waals surface area (Å²) in [6.45, 7) is 4.47. The number of ether oxygens (including phenoxy) is 1. The molecule has 2 nitrogen and oxygen atoms in total. The quantitative estimate of drug-likeness (QED) is 0.840. The van der Waals surface area contributed by atoms with Crippen molar-refractivity contribution in [3.8, 4) is 5.75 Å². The molecular formula is C17H25NO. The highest BCUT2D eigenvalue weighted by molar-refractivity contribution is 5.37. The van der Waals surface area contributed by atoms with Gasteiger partial charge in [0, 0.05) is 6.04 Å². The van der Waals surface area contributed by atoms with Gasteiger partial charge in [0.1, 0.15) is 5.75 Å². The highest BCUT2D eigenvalue weighted by Crippen LogP contribution is 2.37. The van der Waals surface area contributed by atoms with E-state index in [1.165, 1.54) is 44.2 Å². The van der Waals surface area contributed by atoms with E-state index in [0.717, 1.165) is 24.3 Å². The summed E-state index contributed by atoms with van der Waals surface area (Å²) in [7, 11) is 0. The van der Waals surface area contributed by atoms with Crippen LogP contribution in [-0.2, 0) is 0 Å². The minimum Gasteiger partial charge on any atom is -0.493 e. The molecule has 0 aromatic heterocycles. The molecule has 2 unspecified atom stereocenters. The van der Waals surface area contributed by atoms with Crippen LogP contribution < -0.4 is 10.1 Å². The summed E-state index contributed by atoms with van der Waals surface area (Å²) in [4.78, 5) is 0. The van der Waals surface area contributed by atoms with Crippen LogP contribution in [0.25, 0.3) is 0 Å². The Labute approximate surface area is 116 Å². The Kier molecular flexibility index (Phi) is 4.07. The summed E-state index contributed by atoms with van der Waals surface area (Å²) in [5.74, 6) is 2.60. The fourth-order valence-electron chi connectivity index (χ4n) is 3.09. The van der Waals surface area contributed by atoms with Crippen molar-refractivity contribution >= 4 is 0 Å². The maximum absolute atomic E-state index is 5.74. The molecule has 0 spiro atoms. The molecule has 3 rings (SSSR count). The Balaban J connectivity index is 1.51. The van der Waals surface area contributed by atoms with E-state index in [-0.39, 0.29) is 0 Å². The number of hydrogen-bond acceptors (Lipinski definition) is 2. The van der Waals surface area contributed by atoms with Gasteiger partial charge in [-0.25, -0.2) is 0 Å². The molecule has 1 aromatic rings. The monoisotopic (exact) mass is 259 g/mol. The second kappa shape index (κ2) is 5.96. The molecule has 1 N–H and O–H groups in total. The van der Waals surface area contributed by atoms with Crippen LogP contribution in [0.2, 0.25) is 0 Å². The number of benzene rings is 1. The molecule has 0 bridgehead atoms. The molecule has 1 heterocycles. The van der Waals surface area contributed by atoms with Crippen LogP contribution in [-0.4, -0.2) is 19.2 Å². The van der Waals surface area contributed by atoms with E-state index < -0.39 is 0 Å². The maximum atomic E-state index is 5.74. The van der Waals surface area contributed by atoms with E-state index in [9.17, 15) is 0 Å². The van der Waals surface area contributed by atoms with E-state index >= 15 is 0 Å². The predicted octanol–water partition coefficient (Wildman–Crippen LogP) is 3.72. The molecule has 19 heavy (non-hydrogen) atoms. The fourth-order valence-corrected chi connectivity index (χ4v) is 3.09. The Morgan fingerprint density at radius 3 is 2.95 bits per heavy atom. The van der Waals surface area contributed by atoms with Crippen molar-refractivity contribution in [2.75, 3.05) is 13.2 Å². The number of para-hydroxylation sites is 1. The lowest BCUT2D eigenvalue weighted by Gasteiger charge is -2.28. The van der Waals surface area contributed by atoms with Crippen molar-refractivity contribution < 1.29 is 4.74 Å². The second-order valence-corrected chi connectivity index (χ2v) is 6.23. The van der Waals surface area contributed by atoms with Crippen molar-refractivity contribution in [2.45, 2.75) is 51.0 Å². The number of rotatable bonds is 6. The lowest BCUT2D eigenvalue weighted by atomic mass is 9.84. The molecule has 0 saturated heterocycles. The van der Waals surface area contributed by atoms with Gasteiger partial charge in [-0.3, -0.25) is 0 Å². The molecule has 104 valence electrons. The summed E-state index contributed by atoms with van der Waals surface area (Å²) in [6.07, 6.45) is 6.56. The first kappa shape index (κ1) is 13.0.